The number of nitrogens with zero attached hydrogens (tertiary/aromatic N) is 5. The third-order valence-electron chi connectivity index (χ3n) is 5.71. The highest BCUT2D eigenvalue weighted by atomic mass is 32.1. The fraction of sp³-hybridized carbons (Fsp3) is 0.0741. The average molecular weight is 524 g/mol. The number of pyridine rings is 1. The monoisotopic (exact) mass is 523 g/mol. The predicted octanol–water partition coefficient (Wildman–Crippen LogP) is 6.22. The van der Waals surface area contributed by atoms with Crippen LogP contribution in [0.25, 0.3) is 21.5 Å². The largest absolute Gasteiger partial charge is 0.340 e. The number of hydrogen-bond donors (Lipinski definition) is 2. The van der Waals surface area contributed by atoms with Crippen LogP contribution >= 0.6 is 22.7 Å². The van der Waals surface area contributed by atoms with Crippen molar-refractivity contribution in [2.24, 2.45) is 0 Å². The molecule has 0 fully saturated rings. The first-order valence-electron chi connectivity index (χ1n) is 11.6. The molecule has 2 N–H and O–H groups in total. The molecule has 0 unspecified atom stereocenters. The van der Waals surface area contributed by atoms with E-state index < -0.39 is 0 Å². The molecular weight excluding hydrogens is 502 g/mol. The van der Waals surface area contributed by atoms with Gasteiger partial charge in [-0.2, -0.15) is 0 Å². The molecule has 8 nitrogen and oxygen atoms in total. The highest BCUT2D eigenvalue weighted by molar-refractivity contribution is 7.18. The molecular formula is C27H21N7OS2. The molecule has 0 aliphatic heterocycles. The van der Waals surface area contributed by atoms with E-state index in [1.165, 1.54) is 22.7 Å². The molecule has 0 aliphatic carbocycles. The zero-order valence-corrected chi connectivity index (χ0v) is 21.4. The summed E-state index contributed by atoms with van der Waals surface area (Å²) in [7, 11) is 0. The van der Waals surface area contributed by atoms with Crippen LogP contribution in [0.1, 0.15) is 10.6 Å². The van der Waals surface area contributed by atoms with Crippen molar-refractivity contribution in [1.82, 2.24) is 25.0 Å². The van der Waals surface area contributed by atoms with Gasteiger partial charge in [0.15, 0.2) is 10.4 Å². The lowest BCUT2D eigenvalue weighted by atomic mass is 10.1. The molecule has 10 heteroatoms. The van der Waals surface area contributed by atoms with Gasteiger partial charge >= 0.3 is 0 Å². The molecule has 0 saturated carbocycles. The molecule has 0 amide bonds. The van der Waals surface area contributed by atoms with Crippen molar-refractivity contribution in [2.75, 3.05) is 10.6 Å². The number of rotatable bonds is 7. The maximum Gasteiger partial charge on any atom is 0.210 e. The summed E-state index contributed by atoms with van der Waals surface area (Å²) < 4.78 is 2.03. The summed E-state index contributed by atoms with van der Waals surface area (Å²) >= 11 is 2.82. The van der Waals surface area contributed by atoms with Crippen LogP contribution in [0.4, 0.5) is 21.6 Å². The van der Waals surface area contributed by atoms with Crippen molar-refractivity contribution in [3.63, 3.8) is 0 Å². The Labute approximate surface area is 220 Å². The van der Waals surface area contributed by atoms with E-state index in [4.69, 9.17) is 0 Å². The first kappa shape index (κ1) is 23.0. The summed E-state index contributed by atoms with van der Waals surface area (Å²) in [6.45, 7) is 2.45. The number of aryl methyl sites for hydroxylation is 1. The van der Waals surface area contributed by atoms with Gasteiger partial charge in [0.05, 0.1) is 17.6 Å². The zero-order valence-electron chi connectivity index (χ0n) is 19.8. The van der Waals surface area contributed by atoms with E-state index in [1.807, 2.05) is 96.6 Å². The number of para-hydroxylation sites is 2. The molecule has 6 rings (SSSR count). The Morgan fingerprint density at radius 3 is 2.14 bits per heavy atom. The molecule has 3 aromatic heterocycles. The van der Waals surface area contributed by atoms with Crippen LogP contribution in [0.5, 0.6) is 0 Å². The summed E-state index contributed by atoms with van der Waals surface area (Å²) in [5.41, 5.74) is 4.15. The van der Waals surface area contributed by atoms with Gasteiger partial charge < -0.3 is 15.2 Å². The number of hydrogen-bond acceptors (Lipinski definition) is 9. The lowest BCUT2D eigenvalue weighted by molar-refractivity contribution is 0.802. The molecule has 37 heavy (non-hydrogen) atoms. The van der Waals surface area contributed by atoms with Crippen molar-refractivity contribution in [1.29, 1.82) is 0 Å². The molecule has 182 valence electrons. The Hall–Kier alpha value is -4.41. The van der Waals surface area contributed by atoms with E-state index in [0.717, 1.165) is 27.5 Å². The number of anilines is 4. The van der Waals surface area contributed by atoms with Crippen LogP contribution in [-0.4, -0.2) is 25.0 Å². The molecule has 0 aliphatic rings. The summed E-state index contributed by atoms with van der Waals surface area (Å²) in [5, 5.41) is 27.2. The van der Waals surface area contributed by atoms with Crippen LogP contribution in [0, 0.1) is 6.92 Å². The molecule has 0 spiro atoms. The second-order valence-corrected chi connectivity index (χ2v) is 10.5. The topological polar surface area (TPSA) is 97.6 Å². The summed E-state index contributed by atoms with van der Waals surface area (Å²) in [6.07, 6.45) is 1.85. The van der Waals surface area contributed by atoms with E-state index in [9.17, 15) is 4.79 Å². The molecule has 0 atom stereocenters. The molecule has 0 bridgehead atoms. The molecule has 0 radical (unpaired) electrons. The Morgan fingerprint density at radius 1 is 0.784 bits per heavy atom. The number of nitrogens with one attached hydrogen (secondary N) is 2. The zero-order chi connectivity index (χ0) is 25.2. The van der Waals surface area contributed by atoms with Gasteiger partial charge in [-0.05, 0) is 43.3 Å². The molecule has 6 aromatic rings. The number of aromatic nitrogens is 5. The quantitative estimate of drug-likeness (QED) is 0.256. The van der Waals surface area contributed by atoms with Gasteiger partial charge in [0, 0.05) is 23.0 Å². The molecule has 0 saturated heterocycles. The third kappa shape index (κ3) is 4.97. The second-order valence-electron chi connectivity index (χ2n) is 8.42. The smallest absolute Gasteiger partial charge is 0.210 e. The van der Waals surface area contributed by atoms with Crippen LogP contribution in [0.3, 0.4) is 0 Å². The van der Waals surface area contributed by atoms with E-state index in [1.54, 1.807) is 0 Å². The minimum absolute atomic E-state index is 0.0685. The van der Waals surface area contributed by atoms with Crippen molar-refractivity contribution >= 4 is 55.2 Å². The van der Waals surface area contributed by atoms with Gasteiger partial charge in [-0.1, -0.05) is 70.7 Å². The van der Waals surface area contributed by atoms with Crippen molar-refractivity contribution in [3.8, 4) is 10.6 Å². The van der Waals surface area contributed by atoms with Crippen LogP contribution in [-0.2, 0) is 6.54 Å². The Balaban J connectivity index is 1.35. The van der Waals surface area contributed by atoms with Crippen LogP contribution < -0.4 is 16.1 Å². The van der Waals surface area contributed by atoms with Gasteiger partial charge in [0.2, 0.25) is 10.3 Å². The molecule has 3 heterocycles. The fourth-order valence-corrected chi connectivity index (χ4v) is 5.51. The molecule has 3 aromatic carbocycles. The van der Waals surface area contributed by atoms with Gasteiger partial charge in [-0.25, -0.2) is 0 Å². The van der Waals surface area contributed by atoms with Gasteiger partial charge in [0.25, 0.3) is 0 Å². The maximum atomic E-state index is 13.5. The van der Waals surface area contributed by atoms with Crippen molar-refractivity contribution in [2.45, 2.75) is 13.5 Å². The highest BCUT2D eigenvalue weighted by Crippen LogP contribution is 2.29. The van der Waals surface area contributed by atoms with Crippen LogP contribution in [0.15, 0.2) is 89.9 Å². The fourth-order valence-electron chi connectivity index (χ4n) is 3.98. The number of benzene rings is 3. The minimum Gasteiger partial charge on any atom is -0.340 e. The summed E-state index contributed by atoms with van der Waals surface area (Å²) in [6, 6.07) is 25.5. The Bertz CT molecular complexity index is 1740. The van der Waals surface area contributed by atoms with E-state index in [-0.39, 0.29) is 5.43 Å². The minimum atomic E-state index is -0.0685. The van der Waals surface area contributed by atoms with E-state index in [0.29, 0.717) is 32.8 Å². The Kier molecular flexibility index (Phi) is 6.17. The second kappa shape index (κ2) is 9.92. The SMILES string of the molecule is Cc1ccc2c(c1)c(=O)c(-c1nnc(Nc3ccccc3)s1)cn2Cc1nnc(Nc2ccccc2)s1. The lowest BCUT2D eigenvalue weighted by Gasteiger charge is -2.12. The third-order valence-corrected chi connectivity index (χ3v) is 7.41. The average Bonchev–Trinajstić information content (AvgIpc) is 3.56. The van der Waals surface area contributed by atoms with E-state index >= 15 is 0 Å². The maximum absolute atomic E-state index is 13.5. The standard InChI is InChI=1S/C27H21N7OS2/c1-17-12-13-22-20(14-17)24(35)21(25-31-33-27(37-25)29-19-10-6-3-7-11-19)15-34(22)16-23-30-32-26(36-23)28-18-8-4-2-5-9-18/h2-15H,16H2,1H3,(H,28,32)(H,29,33). The lowest BCUT2D eigenvalue weighted by Crippen LogP contribution is -2.13. The van der Waals surface area contributed by atoms with Gasteiger partial charge in [-0.3, -0.25) is 4.79 Å². The number of fused-ring (bicyclic) bond motifs is 1. The van der Waals surface area contributed by atoms with Crippen molar-refractivity contribution < 1.29 is 0 Å². The predicted molar refractivity (Wildman–Crippen MR) is 150 cm³/mol. The normalized spacial score (nSPS) is 11.1. The highest BCUT2D eigenvalue weighted by Gasteiger charge is 2.17. The summed E-state index contributed by atoms with van der Waals surface area (Å²) in [4.78, 5) is 13.5. The van der Waals surface area contributed by atoms with Gasteiger partial charge in [-0.15, -0.1) is 20.4 Å². The van der Waals surface area contributed by atoms with Crippen molar-refractivity contribution in [3.05, 3.63) is 106 Å². The summed E-state index contributed by atoms with van der Waals surface area (Å²) in [5.74, 6) is 0. The van der Waals surface area contributed by atoms with Crippen LogP contribution in [0.2, 0.25) is 0 Å². The first-order chi connectivity index (χ1) is 18.1. The first-order valence-corrected chi connectivity index (χ1v) is 13.2. The Morgan fingerprint density at radius 2 is 1.43 bits per heavy atom. The van der Waals surface area contributed by atoms with E-state index in [2.05, 4.69) is 31.0 Å². The van der Waals surface area contributed by atoms with Gasteiger partial charge in [0.1, 0.15) is 5.01 Å².